The molecule has 6 heteroatoms. The molecule has 0 bridgehead atoms. The van der Waals surface area contributed by atoms with Gasteiger partial charge in [-0.15, -0.1) is 0 Å². The zero-order chi connectivity index (χ0) is 15.2. The Hall–Kier alpha value is -1.82. The number of esters is 1. The molecule has 0 saturated heterocycles. The summed E-state index contributed by atoms with van der Waals surface area (Å²) < 4.78 is 47.3. The van der Waals surface area contributed by atoms with Gasteiger partial charge in [-0.3, -0.25) is 0 Å². The molecule has 0 amide bonds. The molecule has 1 aromatic rings. The van der Waals surface area contributed by atoms with Crippen molar-refractivity contribution in [3.63, 3.8) is 0 Å². The number of methoxy groups -OCH3 is 1. The molecule has 0 spiro atoms. The van der Waals surface area contributed by atoms with E-state index in [4.69, 9.17) is 4.74 Å². The summed E-state index contributed by atoms with van der Waals surface area (Å²) in [6.07, 6.45) is -1.74. The number of ether oxygens (including phenoxy) is 2. The Bertz CT molecular complexity index is 493. The highest BCUT2D eigenvalue weighted by molar-refractivity contribution is 5.81. The van der Waals surface area contributed by atoms with Gasteiger partial charge in [0.25, 0.3) is 0 Å². The molecular formula is C14H15F3O3. The van der Waals surface area contributed by atoms with Crippen LogP contribution < -0.4 is 0 Å². The molecule has 0 unspecified atom stereocenters. The van der Waals surface area contributed by atoms with Gasteiger partial charge in [0.05, 0.1) is 25.9 Å². The van der Waals surface area contributed by atoms with E-state index in [0.717, 1.165) is 17.7 Å². The van der Waals surface area contributed by atoms with E-state index in [2.05, 4.69) is 4.74 Å². The Morgan fingerprint density at radius 3 is 2.65 bits per heavy atom. The molecule has 0 heterocycles. The number of hydrogen-bond acceptors (Lipinski definition) is 3. The molecule has 0 saturated carbocycles. The predicted molar refractivity (Wildman–Crippen MR) is 67.0 cm³/mol. The first-order chi connectivity index (χ1) is 9.34. The van der Waals surface area contributed by atoms with Crippen molar-refractivity contribution < 1.29 is 27.4 Å². The lowest BCUT2D eigenvalue weighted by molar-refractivity contribution is -0.137. The summed E-state index contributed by atoms with van der Waals surface area (Å²) in [6, 6.07) is 3.52. The number of benzene rings is 1. The van der Waals surface area contributed by atoms with Crippen LogP contribution in [-0.2, 0) is 27.1 Å². The van der Waals surface area contributed by atoms with Crippen LogP contribution in [0.25, 0.3) is 0 Å². The summed E-state index contributed by atoms with van der Waals surface area (Å²) in [4.78, 5) is 10.8. The van der Waals surface area contributed by atoms with E-state index in [1.165, 1.54) is 25.3 Å². The first-order valence-electron chi connectivity index (χ1n) is 5.83. The molecule has 20 heavy (non-hydrogen) atoms. The fourth-order valence-electron chi connectivity index (χ4n) is 1.45. The predicted octanol–water partition coefficient (Wildman–Crippen LogP) is 3.26. The Kier molecular flexibility index (Phi) is 5.76. The lowest BCUT2D eigenvalue weighted by Gasteiger charge is -2.11. The number of rotatable bonds is 5. The average Bonchev–Trinajstić information content (AvgIpc) is 2.38. The van der Waals surface area contributed by atoms with Crippen molar-refractivity contribution in [2.24, 2.45) is 0 Å². The van der Waals surface area contributed by atoms with E-state index in [1.807, 2.05) is 0 Å². The summed E-state index contributed by atoms with van der Waals surface area (Å²) in [7, 11) is 1.25. The van der Waals surface area contributed by atoms with Gasteiger partial charge in [0.1, 0.15) is 0 Å². The molecule has 0 aliphatic carbocycles. The molecule has 110 valence electrons. The second-order valence-corrected chi connectivity index (χ2v) is 4.08. The van der Waals surface area contributed by atoms with Gasteiger partial charge in [-0.1, -0.05) is 12.1 Å². The summed E-state index contributed by atoms with van der Waals surface area (Å²) in [5.41, 5.74) is 0.480. The van der Waals surface area contributed by atoms with Crippen LogP contribution in [-0.4, -0.2) is 19.7 Å². The minimum Gasteiger partial charge on any atom is -0.466 e. The van der Waals surface area contributed by atoms with Crippen LogP contribution in [0.5, 0.6) is 0 Å². The minimum absolute atomic E-state index is 0.0429. The molecule has 0 fully saturated rings. The van der Waals surface area contributed by atoms with Crippen molar-refractivity contribution in [2.75, 3.05) is 13.7 Å². The summed E-state index contributed by atoms with van der Waals surface area (Å²) >= 11 is 0. The maximum atomic E-state index is 12.6. The van der Waals surface area contributed by atoms with Crippen LogP contribution >= 0.6 is 0 Å². The summed E-state index contributed by atoms with van der Waals surface area (Å²) in [5.74, 6) is -0.510. The standard InChI is InChI=1S/C14H15F3O3/c1-10-5-6-12(14(15,16)17)8-11(10)9-20-7-3-4-13(18)19-2/h3-6,8H,7,9H2,1-2H3/b4-3+. The number of carbonyl (C=O) groups excluding carboxylic acids is 1. The fourth-order valence-corrected chi connectivity index (χ4v) is 1.45. The molecule has 0 aliphatic rings. The maximum Gasteiger partial charge on any atom is 0.416 e. The zero-order valence-corrected chi connectivity index (χ0v) is 11.2. The normalized spacial score (nSPS) is 11.8. The summed E-state index contributed by atoms with van der Waals surface area (Å²) in [5, 5.41) is 0. The second kappa shape index (κ2) is 7.09. The fraction of sp³-hybridized carbons (Fsp3) is 0.357. The van der Waals surface area contributed by atoms with Crippen molar-refractivity contribution in [3.05, 3.63) is 47.0 Å². The minimum atomic E-state index is -4.37. The number of halogens is 3. The van der Waals surface area contributed by atoms with E-state index in [9.17, 15) is 18.0 Å². The van der Waals surface area contributed by atoms with Crippen molar-refractivity contribution in [3.8, 4) is 0 Å². The van der Waals surface area contributed by atoms with Gasteiger partial charge in [0.15, 0.2) is 0 Å². The van der Waals surface area contributed by atoms with E-state index in [1.54, 1.807) is 6.92 Å². The van der Waals surface area contributed by atoms with Crippen molar-refractivity contribution in [2.45, 2.75) is 19.7 Å². The van der Waals surface area contributed by atoms with Crippen molar-refractivity contribution >= 4 is 5.97 Å². The Balaban J connectivity index is 2.60. The Morgan fingerprint density at radius 2 is 2.05 bits per heavy atom. The molecule has 0 N–H and O–H groups in total. The highest BCUT2D eigenvalue weighted by Crippen LogP contribution is 2.30. The van der Waals surface area contributed by atoms with Gasteiger partial charge in [-0.2, -0.15) is 13.2 Å². The van der Waals surface area contributed by atoms with E-state index < -0.39 is 17.7 Å². The number of carbonyl (C=O) groups is 1. The highest BCUT2D eigenvalue weighted by Gasteiger charge is 2.30. The third kappa shape index (κ3) is 5.05. The molecule has 3 nitrogen and oxygen atoms in total. The van der Waals surface area contributed by atoms with E-state index >= 15 is 0 Å². The first-order valence-corrected chi connectivity index (χ1v) is 5.83. The molecule has 1 aromatic carbocycles. The third-order valence-corrected chi connectivity index (χ3v) is 2.60. The van der Waals surface area contributed by atoms with Crippen LogP contribution in [0, 0.1) is 6.92 Å². The lowest BCUT2D eigenvalue weighted by Crippen LogP contribution is -2.07. The Labute approximate surface area is 115 Å². The van der Waals surface area contributed by atoms with E-state index in [0.29, 0.717) is 5.56 Å². The third-order valence-electron chi connectivity index (χ3n) is 2.60. The SMILES string of the molecule is COC(=O)/C=C/COCc1cc(C(F)(F)F)ccc1C. The number of alkyl halides is 3. The lowest BCUT2D eigenvalue weighted by atomic mass is 10.1. The van der Waals surface area contributed by atoms with Gasteiger partial charge in [-0.25, -0.2) is 4.79 Å². The van der Waals surface area contributed by atoms with Gasteiger partial charge >= 0.3 is 12.1 Å². The molecule has 1 rings (SSSR count). The monoisotopic (exact) mass is 288 g/mol. The molecular weight excluding hydrogens is 273 g/mol. The van der Waals surface area contributed by atoms with Gasteiger partial charge < -0.3 is 9.47 Å². The topological polar surface area (TPSA) is 35.5 Å². The summed E-state index contributed by atoms with van der Waals surface area (Å²) in [6.45, 7) is 1.87. The van der Waals surface area contributed by atoms with E-state index in [-0.39, 0.29) is 13.2 Å². The molecule has 0 aliphatic heterocycles. The van der Waals surface area contributed by atoms with Gasteiger partial charge in [0.2, 0.25) is 0 Å². The van der Waals surface area contributed by atoms with Crippen LogP contribution in [0.2, 0.25) is 0 Å². The average molecular weight is 288 g/mol. The first kappa shape index (κ1) is 16.2. The largest absolute Gasteiger partial charge is 0.466 e. The number of aryl methyl sites for hydroxylation is 1. The molecule has 0 aromatic heterocycles. The molecule has 0 radical (unpaired) electrons. The van der Waals surface area contributed by atoms with Crippen LogP contribution in [0.15, 0.2) is 30.4 Å². The van der Waals surface area contributed by atoms with Crippen LogP contribution in [0.3, 0.4) is 0 Å². The van der Waals surface area contributed by atoms with Crippen LogP contribution in [0.1, 0.15) is 16.7 Å². The van der Waals surface area contributed by atoms with Crippen molar-refractivity contribution in [1.82, 2.24) is 0 Å². The quantitative estimate of drug-likeness (QED) is 0.474. The maximum absolute atomic E-state index is 12.6. The Morgan fingerprint density at radius 1 is 1.35 bits per heavy atom. The second-order valence-electron chi connectivity index (χ2n) is 4.08. The van der Waals surface area contributed by atoms with Crippen LogP contribution in [0.4, 0.5) is 13.2 Å². The van der Waals surface area contributed by atoms with Gasteiger partial charge in [0, 0.05) is 6.08 Å². The zero-order valence-electron chi connectivity index (χ0n) is 11.2. The number of hydrogen-bond donors (Lipinski definition) is 0. The smallest absolute Gasteiger partial charge is 0.416 e. The highest BCUT2D eigenvalue weighted by atomic mass is 19.4. The van der Waals surface area contributed by atoms with Gasteiger partial charge in [-0.05, 0) is 30.2 Å². The van der Waals surface area contributed by atoms with Crippen molar-refractivity contribution in [1.29, 1.82) is 0 Å². The molecule has 0 atom stereocenters.